The quantitative estimate of drug-likeness (QED) is 0.720. The second-order valence-electron chi connectivity index (χ2n) is 9.19. The van der Waals surface area contributed by atoms with E-state index in [1.165, 1.54) is 22.0 Å². The SMILES string of the molecule is CC(C)n1cc2c3c(cccc31)[C@H]1C[C@@H](C(=O)NCc3ccccn3)CN(C)[C@@H]1C2. The lowest BCUT2D eigenvalue weighted by Gasteiger charge is -2.45. The molecule has 5 nitrogen and oxygen atoms in total. The van der Waals surface area contributed by atoms with Crippen molar-refractivity contribution in [1.82, 2.24) is 19.8 Å². The molecule has 0 saturated carbocycles. The van der Waals surface area contributed by atoms with Crippen LogP contribution in [0.1, 0.15) is 49.0 Å². The highest BCUT2D eigenvalue weighted by Crippen LogP contribution is 2.45. The molecule has 30 heavy (non-hydrogen) atoms. The van der Waals surface area contributed by atoms with Gasteiger partial charge in [-0.15, -0.1) is 0 Å². The van der Waals surface area contributed by atoms with Crippen molar-refractivity contribution in [3.05, 3.63) is 65.6 Å². The van der Waals surface area contributed by atoms with Gasteiger partial charge >= 0.3 is 0 Å². The average molecular weight is 403 g/mol. The van der Waals surface area contributed by atoms with Crippen LogP contribution < -0.4 is 5.32 Å². The van der Waals surface area contributed by atoms with E-state index in [-0.39, 0.29) is 11.8 Å². The largest absolute Gasteiger partial charge is 0.350 e. The summed E-state index contributed by atoms with van der Waals surface area (Å²) in [4.78, 5) is 19.7. The Morgan fingerprint density at radius 1 is 1.23 bits per heavy atom. The zero-order valence-electron chi connectivity index (χ0n) is 18.0. The predicted octanol–water partition coefficient (Wildman–Crippen LogP) is 3.89. The summed E-state index contributed by atoms with van der Waals surface area (Å²) in [6, 6.07) is 13.4. The Morgan fingerprint density at radius 2 is 2.10 bits per heavy atom. The first-order valence-corrected chi connectivity index (χ1v) is 11.0. The molecule has 3 atom stereocenters. The van der Waals surface area contributed by atoms with Gasteiger partial charge in [-0.3, -0.25) is 9.78 Å². The van der Waals surface area contributed by atoms with Crippen molar-refractivity contribution in [3.63, 3.8) is 0 Å². The molecule has 3 heterocycles. The lowest BCUT2D eigenvalue weighted by Crippen LogP contribution is -2.51. The van der Waals surface area contributed by atoms with Crippen LogP contribution in [-0.2, 0) is 17.8 Å². The molecular formula is C25H30N4O. The number of hydrogen-bond donors (Lipinski definition) is 1. The number of nitrogens with one attached hydrogen (secondary N) is 1. The van der Waals surface area contributed by atoms with E-state index >= 15 is 0 Å². The van der Waals surface area contributed by atoms with Crippen molar-refractivity contribution in [2.75, 3.05) is 13.6 Å². The molecule has 1 aliphatic heterocycles. The Kier molecular flexibility index (Phi) is 4.86. The van der Waals surface area contributed by atoms with Gasteiger partial charge < -0.3 is 14.8 Å². The minimum absolute atomic E-state index is 0.00366. The van der Waals surface area contributed by atoms with Crippen molar-refractivity contribution in [3.8, 4) is 0 Å². The van der Waals surface area contributed by atoms with Gasteiger partial charge in [-0.1, -0.05) is 18.2 Å². The second kappa shape index (κ2) is 7.55. The minimum atomic E-state index is 0.00366. The van der Waals surface area contributed by atoms with Crippen molar-refractivity contribution in [2.24, 2.45) is 5.92 Å². The monoisotopic (exact) mass is 402 g/mol. The molecule has 1 aromatic carbocycles. The lowest BCUT2D eigenvalue weighted by atomic mass is 9.72. The van der Waals surface area contributed by atoms with Crippen LogP contribution in [0.5, 0.6) is 0 Å². The average Bonchev–Trinajstić information content (AvgIpc) is 3.13. The maximum atomic E-state index is 13.0. The molecule has 2 aromatic heterocycles. The second-order valence-corrected chi connectivity index (χ2v) is 9.19. The first-order valence-electron chi connectivity index (χ1n) is 11.0. The minimum Gasteiger partial charge on any atom is -0.350 e. The fourth-order valence-corrected chi connectivity index (χ4v) is 5.52. The molecule has 3 aromatic rings. The van der Waals surface area contributed by atoms with Gasteiger partial charge in [0, 0.05) is 47.8 Å². The predicted molar refractivity (Wildman–Crippen MR) is 119 cm³/mol. The van der Waals surface area contributed by atoms with E-state index in [4.69, 9.17) is 0 Å². The number of pyridine rings is 1. The number of rotatable bonds is 4. The fraction of sp³-hybridized carbons (Fsp3) is 0.440. The number of piperidine rings is 1. The number of carbonyl (C=O) groups is 1. The molecule has 0 spiro atoms. The molecule has 5 rings (SSSR count). The molecule has 156 valence electrons. The van der Waals surface area contributed by atoms with Crippen LogP contribution in [0.15, 0.2) is 48.8 Å². The van der Waals surface area contributed by atoms with Crippen LogP contribution >= 0.6 is 0 Å². The van der Waals surface area contributed by atoms with E-state index in [0.717, 1.165) is 25.1 Å². The van der Waals surface area contributed by atoms with Gasteiger partial charge in [-0.05, 0) is 63.1 Å². The zero-order chi connectivity index (χ0) is 20.8. The van der Waals surface area contributed by atoms with Gasteiger partial charge in [-0.25, -0.2) is 0 Å². The molecule has 1 amide bonds. The number of aromatic nitrogens is 2. The number of amides is 1. The van der Waals surface area contributed by atoms with Crippen LogP contribution in [0.4, 0.5) is 0 Å². The summed E-state index contributed by atoms with van der Waals surface area (Å²) >= 11 is 0. The van der Waals surface area contributed by atoms with Gasteiger partial charge in [0.25, 0.3) is 0 Å². The first-order chi connectivity index (χ1) is 14.5. The maximum Gasteiger partial charge on any atom is 0.224 e. The molecule has 1 N–H and O–H groups in total. The molecule has 2 aliphatic rings. The van der Waals surface area contributed by atoms with E-state index in [0.29, 0.717) is 24.5 Å². The summed E-state index contributed by atoms with van der Waals surface area (Å²) in [6.07, 6.45) is 6.10. The van der Waals surface area contributed by atoms with Gasteiger partial charge in [0.15, 0.2) is 0 Å². The van der Waals surface area contributed by atoms with Gasteiger partial charge in [0.05, 0.1) is 18.2 Å². The van der Waals surface area contributed by atoms with E-state index in [1.807, 2.05) is 18.2 Å². The maximum absolute atomic E-state index is 13.0. The number of nitrogens with zero attached hydrogens (tertiary/aromatic N) is 3. The third kappa shape index (κ3) is 3.21. The molecule has 1 fully saturated rings. The summed E-state index contributed by atoms with van der Waals surface area (Å²) in [5.74, 6) is 0.543. The number of hydrogen-bond acceptors (Lipinski definition) is 3. The Balaban J connectivity index is 1.41. The Bertz CT molecular complexity index is 1070. The number of likely N-dealkylation sites (N-methyl/N-ethyl adjacent to an activating group) is 1. The highest BCUT2D eigenvalue weighted by atomic mass is 16.1. The third-order valence-electron chi connectivity index (χ3n) is 6.97. The van der Waals surface area contributed by atoms with Crippen LogP contribution in [0, 0.1) is 5.92 Å². The van der Waals surface area contributed by atoms with E-state index in [2.05, 4.69) is 65.1 Å². The summed E-state index contributed by atoms with van der Waals surface area (Å²) in [6.45, 7) is 5.79. The van der Waals surface area contributed by atoms with Crippen molar-refractivity contribution < 1.29 is 4.79 Å². The van der Waals surface area contributed by atoms with Crippen LogP contribution in [0.3, 0.4) is 0 Å². The van der Waals surface area contributed by atoms with Crippen molar-refractivity contribution >= 4 is 16.8 Å². The standard InChI is InChI=1S/C25H30N4O/c1-16(2)29-15-17-12-23-21(20-8-6-9-22(29)24(17)20)11-18(14-28(23)3)25(30)27-13-19-7-4-5-10-26-19/h4-10,15-16,18,21,23H,11-14H2,1-3H3,(H,27,30)/t18-,21-,23-/m1/s1. The smallest absolute Gasteiger partial charge is 0.224 e. The third-order valence-corrected chi connectivity index (χ3v) is 6.97. The lowest BCUT2D eigenvalue weighted by molar-refractivity contribution is -0.127. The van der Waals surface area contributed by atoms with Gasteiger partial charge in [0.1, 0.15) is 0 Å². The number of carbonyl (C=O) groups excluding carboxylic acids is 1. The van der Waals surface area contributed by atoms with Gasteiger partial charge in [-0.2, -0.15) is 0 Å². The Labute approximate surface area is 178 Å². The van der Waals surface area contributed by atoms with Crippen LogP contribution in [0.25, 0.3) is 10.9 Å². The molecule has 1 aliphatic carbocycles. The number of fused-ring (bicyclic) bond motifs is 2. The summed E-state index contributed by atoms with van der Waals surface area (Å²) in [5.41, 5.74) is 5.11. The van der Waals surface area contributed by atoms with Crippen molar-refractivity contribution in [1.29, 1.82) is 0 Å². The first kappa shape index (κ1) is 19.3. The zero-order valence-corrected chi connectivity index (χ0v) is 18.0. The highest BCUT2D eigenvalue weighted by molar-refractivity contribution is 5.89. The van der Waals surface area contributed by atoms with E-state index in [1.54, 1.807) is 6.20 Å². The summed E-state index contributed by atoms with van der Waals surface area (Å²) < 4.78 is 2.41. The van der Waals surface area contributed by atoms with Gasteiger partial charge in [0.2, 0.25) is 5.91 Å². The van der Waals surface area contributed by atoms with E-state index in [9.17, 15) is 4.79 Å². The topological polar surface area (TPSA) is 50.2 Å². The van der Waals surface area contributed by atoms with E-state index < -0.39 is 0 Å². The summed E-state index contributed by atoms with van der Waals surface area (Å²) in [5, 5.41) is 4.54. The Morgan fingerprint density at radius 3 is 2.87 bits per heavy atom. The summed E-state index contributed by atoms with van der Waals surface area (Å²) in [7, 11) is 2.18. The molecular weight excluding hydrogens is 372 g/mol. The van der Waals surface area contributed by atoms with Crippen LogP contribution in [0.2, 0.25) is 0 Å². The normalized spacial score (nSPS) is 23.5. The van der Waals surface area contributed by atoms with Crippen molar-refractivity contribution in [2.45, 2.75) is 51.2 Å². The molecule has 1 saturated heterocycles. The highest BCUT2D eigenvalue weighted by Gasteiger charge is 2.41. The fourth-order valence-electron chi connectivity index (χ4n) is 5.52. The number of likely N-dealkylation sites (tertiary alicyclic amines) is 1. The molecule has 5 heteroatoms. The van der Waals surface area contributed by atoms with Crippen LogP contribution in [-0.4, -0.2) is 40.0 Å². The Hall–Kier alpha value is -2.66. The molecule has 0 bridgehead atoms. The molecule has 0 radical (unpaired) electrons. The number of benzene rings is 1. The molecule has 0 unspecified atom stereocenters.